The molecule has 0 saturated carbocycles. The molecule has 4 rings (SSSR count). The number of carbonyl (C=O) groups excluding carboxylic acids is 1. The van der Waals surface area contributed by atoms with Crippen LogP contribution in [0.3, 0.4) is 0 Å². The van der Waals surface area contributed by atoms with Gasteiger partial charge in [0.15, 0.2) is 11.6 Å². The molecule has 4 aromatic rings. The number of para-hydroxylation sites is 2. The average molecular weight is 562 g/mol. The van der Waals surface area contributed by atoms with Crippen LogP contribution >= 0.6 is 0 Å². The molecule has 3 N–H and O–H groups in total. The molecule has 1 heterocycles. The molecule has 1 aromatic heterocycles. The summed E-state index contributed by atoms with van der Waals surface area (Å²) in [6.07, 6.45) is 7.23. The van der Waals surface area contributed by atoms with Crippen LogP contribution in [0.15, 0.2) is 77.7 Å². The molecule has 0 radical (unpaired) electrons. The summed E-state index contributed by atoms with van der Waals surface area (Å²) < 4.78 is 34.9. The third-order valence-electron chi connectivity index (χ3n) is 6.17. The Kier molecular flexibility index (Phi) is 9.91. The number of ether oxygens (including phenoxy) is 1. The smallest absolute Gasteiger partial charge is 0.263 e. The van der Waals surface area contributed by atoms with Gasteiger partial charge in [-0.3, -0.25) is 9.52 Å². The van der Waals surface area contributed by atoms with Crippen LogP contribution < -0.4 is 20.1 Å². The maximum absolute atomic E-state index is 13.2. The summed E-state index contributed by atoms with van der Waals surface area (Å²) in [7, 11) is -3.99. The normalized spacial score (nSPS) is 11.2. The molecule has 0 fully saturated rings. The highest BCUT2D eigenvalue weighted by atomic mass is 32.2. The molecule has 40 heavy (non-hydrogen) atoms. The number of aromatic nitrogens is 2. The van der Waals surface area contributed by atoms with Crippen molar-refractivity contribution in [2.75, 3.05) is 22.0 Å². The van der Waals surface area contributed by atoms with Crippen molar-refractivity contribution in [3.05, 3.63) is 72.8 Å². The molecule has 1 amide bonds. The first-order valence-corrected chi connectivity index (χ1v) is 15.0. The van der Waals surface area contributed by atoms with E-state index in [-0.39, 0.29) is 22.4 Å². The van der Waals surface area contributed by atoms with Crippen molar-refractivity contribution in [2.24, 2.45) is 0 Å². The van der Waals surface area contributed by atoms with Crippen LogP contribution in [0.4, 0.5) is 23.0 Å². The largest absolute Gasteiger partial charge is 0.494 e. The molecule has 0 saturated heterocycles. The molecular formula is C30H35N5O4S. The number of unbranched alkanes of at least 4 members (excludes halogenated alkanes) is 5. The van der Waals surface area contributed by atoms with Gasteiger partial charge in [-0.25, -0.2) is 18.4 Å². The Labute approximate surface area is 235 Å². The van der Waals surface area contributed by atoms with Gasteiger partial charge in [0.2, 0.25) is 5.91 Å². The van der Waals surface area contributed by atoms with E-state index >= 15 is 0 Å². The van der Waals surface area contributed by atoms with Gasteiger partial charge < -0.3 is 15.4 Å². The van der Waals surface area contributed by atoms with E-state index in [9.17, 15) is 13.2 Å². The highest BCUT2D eigenvalue weighted by Gasteiger charge is 2.19. The van der Waals surface area contributed by atoms with Crippen LogP contribution in [0.25, 0.3) is 11.0 Å². The topological polar surface area (TPSA) is 122 Å². The van der Waals surface area contributed by atoms with E-state index in [0.29, 0.717) is 29.0 Å². The fourth-order valence-corrected chi connectivity index (χ4v) is 5.12. The standard InChI is InChI=1S/C30H35N5O4S/c1-3-4-5-6-7-10-21-39-25-17-13-24(14-18-25)32-29-30(34-28-12-9-8-11-27(28)33-29)35-40(37,38)26-19-15-23(16-20-26)31-22(2)36/h8-9,11-20H,3-7,10,21H2,1-2H3,(H,31,36)(H,32,33)(H,34,35). The summed E-state index contributed by atoms with van der Waals surface area (Å²) in [5.41, 5.74) is 2.37. The summed E-state index contributed by atoms with van der Waals surface area (Å²) in [4.78, 5) is 20.5. The number of nitrogens with zero attached hydrogens (tertiary/aromatic N) is 2. The Morgan fingerprint density at radius 2 is 1.38 bits per heavy atom. The average Bonchev–Trinajstić information content (AvgIpc) is 2.93. The van der Waals surface area contributed by atoms with Gasteiger partial charge in [0.1, 0.15) is 5.75 Å². The minimum Gasteiger partial charge on any atom is -0.494 e. The van der Waals surface area contributed by atoms with Gasteiger partial charge in [-0.1, -0.05) is 51.2 Å². The van der Waals surface area contributed by atoms with Gasteiger partial charge in [-0.2, -0.15) is 0 Å². The van der Waals surface area contributed by atoms with Gasteiger partial charge in [0, 0.05) is 18.3 Å². The number of anilines is 4. The summed E-state index contributed by atoms with van der Waals surface area (Å²) in [6, 6.07) is 20.6. The third-order valence-corrected chi connectivity index (χ3v) is 7.53. The van der Waals surface area contributed by atoms with Crippen LogP contribution in [0.1, 0.15) is 52.4 Å². The molecule has 0 aliphatic heterocycles. The highest BCUT2D eigenvalue weighted by Crippen LogP contribution is 2.28. The maximum Gasteiger partial charge on any atom is 0.263 e. The Hall–Kier alpha value is -4.18. The Morgan fingerprint density at radius 1 is 0.775 bits per heavy atom. The molecule has 0 atom stereocenters. The van der Waals surface area contributed by atoms with Crippen LogP contribution in [0, 0.1) is 0 Å². The Balaban J connectivity index is 1.48. The van der Waals surface area contributed by atoms with Crippen molar-refractivity contribution in [1.29, 1.82) is 0 Å². The number of nitrogens with one attached hydrogen (secondary N) is 3. The predicted molar refractivity (Wildman–Crippen MR) is 160 cm³/mol. The van der Waals surface area contributed by atoms with Gasteiger partial charge in [0.05, 0.1) is 22.5 Å². The fourth-order valence-electron chi connectivity index (χ4n) is 4.11. The second-order valence-corrected chi connectivity index (χ2v) is 11.2. The molecule has 0 aliphatic carbocycles. The summed E-state index contributed by atoms with van der Waals surface area (Å²) in [5.74, 6) is 0.853. The zero-order valence-electron chi connectivity index (χ0n) is 22.8. The van der Waals surface area contributed by atoms with E-state index in [4.69, 9.17) is 4.74 Å². The molecule has 10 heteroatoms. The quantitative estimate of drug-likeness (QED) is 0.144. The first-order valence-electron chi connectivity index (χ1n) is 13.5. The van der Waals surface area contributed by atoms with Crippen molar-refractivity contribution < 1.29 is 17.9 Å². The van der Waals surface area contributed by atoms with E-state index in [0.717, 1.165) is 12.2 Å². The molecule has 9 nitrogen and oxygen atoms in total. The highest BCUT2D eigenvalue weighted by molar-refractivity contribution is 7.92. The van der Waals surface area contributed by atoms with E-state index in [2.05, 4.69) is 32.2 Å². The Morgan fingerprint density at radius 3 is 2.02 bits per heavy atom. The monoisotopic (exact) mass is 561 g/mol. The lowest BCUT2D eigenvalue weighted by Gasteiger charge is -2.14. The number of sulfonamides is 1. The molecule has 210 valence electrons. The van der Waals surface area contributed by atoms with E-state index < -0.39 is 10.0 Å². The van der Waals surface area contributed by atoms with Gasteiger partial charge in [0.25, 0.3) is 10.0 Å². The summed E-state index contributed by atoms with van der Waals surface area (Å²) in [5, 5.41) is 5.81. The van der Waals surface area contributed by atoms with Crippen LogP contribution in [0.2, 0.25) is 0 Å². The van der Waals surface area contributed by atoms with Crippen LogP contribution in [-0.4, -0.2) is 30.9 Å². The zero-order chi connectivity index (χ0) is 28.4. The molecule has 0 aliphatic rings. The number of carbonyl (C=O) groups is 1. The Bertz CT molecular complexity index is 1520. The van der Waals surface area contributed by atoms with Gasteiger partial charge in [-0.15, -0.1) is 0 Å². The lowest BCUT2D eigenvalue weighted by molar-refractivity contribution is -0.114. The second kappa shape index (κ2) is 13.7. The fraction of sp³-hybridized carbons (Fsp3) is 0.300. The number of hydrogen-bond acceptors (Lipinski definition) is 7. The second-order valence-electron chi connectivity index (χ2n) is 9.49. The number of amides is 1. The minimum absolute atomic E-state index is 0.0226. The van der Waals surface area contributed by atoms with Gasteiger partial charge in [-0.05, 0) is 67.1 Å². The molecular weight excluding hydrogens is 526 g/mol. The summed E-state index contributed by atoms with van der Waals surface area (Å²) in [6.45, 7) is 4.27. The minimum atomic E-state index is -3.99. The number of rotatable bonds is 14. The molecule has 3 aromatic carbocycles. The zero-order valence-corrected chi connectivity index (χ0v) is 23.6. The van der Waals surface area contributed by atoms with Crippen molar-refractivity contribution in [3.63, 3.8) is 0 Å². The lowest BCUT2D eigenvalue weighted by Crippen LogP contribution is -2.16. The molecule has 0 unspecified atom stereocenters. The maximum atomic E-state index is 13.2. The molecule has 0 spiro atoms. The third kappa shape index (κ3) is 8.16. The van der Waals surface area contributed by atoms with Gasteiger partial charge >= 0.3 is 0 Å². The molecule has 0 bridgehead atoms. The van der Waals surface area contributed by atoms with Crippen LogP contribution in [0.5, 0.6) is 5.75 Å². The van der Waals surface area contributed by atoms with Crippen molar-refractivity contribution >= 4 is 50.0 Å². The first kappa shape index (κ1) is 28.8. The van der Waals surface area contributed by atoms with Crippen LogP contribution in [-0.2, 0) is 14.8 Å². The number of fused-ring (bicyclic) bond motifs is 1. The van der Waals surface area contributed by atoms with Crippen molar-refractivity contribution in [3.8, 4) is 5.75 Å². The number of benzene rings is 3. The van der Waals surface area contributed by atoms with E-state index in [1.165, 1.54) is 63.3 Å². The summed E-state index contributed by atoms with van der Waals surface area (Å²) >= 11 is 0. The number of hydrogen-bond donors (Lipinski definition) is 3. The van der Waals surface area contributed by atoms with Crippen molar-refractivity contribution in [2.45, 2.75) is 57.3 Å². The van der Waals surface area contributed by atoms with E-state index in [1.807, 2.05) is 42.5 Å². The predicted octanol–water partition coefficient (Wildman–Crippen LogP) is 6.87. The first-order chi connectivity index (χ1) is 19.3. The lowest BCUT2D eigenvalue weighted by atomic mass is 10.1. The van der Waals surface area contributed by atoms with Crippen molar-refractivity contribution in [1.82, 2.24) is 9.97 Å². The van der Waals surface area contributed by atoms with E-state index in [1.54, 1.807) is 6.07 Å². The SMILES string of the molecule is CCCCCCCCOc1ccc(Nc2nc3ccccc3nc2NS(=O)(=O)c2ccc(NC(C)=O)cc2)cc1.